The highest BCUT2D eigenvalue weighted by Gasteiger charge is 2.19. The molecule has 0 fully saturated rings. The van der Waals surface area contributed by atoms with Crippen LogP contribution in [0.2, 0.25) is 0 Å². The van der Waals surface area contributed by atoms with Crippen LogP contribution in [0.4, 0.5) is 10.1 Å². The predicted molar refractivity (Wildman–Crippen MR) is 63.6 cm³/mol. The van der Waals surface area contributed by atoms with Crippen molar-refractivity contribution in [3.8, 4) is 11.8 Å². The first-order valence-corrected chi connectivity index (χ1v) is 4.71. The summed E-state index contributed by atoms with van der Waals surface area (Å²) >= 11 is 0. The second kappa shape index (κ2) is 5.46. The quantitative estimate of drug-likeness (QED) is 0.230. The summed E-state index contributed by atoms with van der Waals surface area (Å²) in [6.07, 6.45) is 0. The molecule has 0 atom stereocenters. The lowest BCUT2D eigenvalue weighted by molar-refractivity contribution is 0.0688. The number of nitrogens with zero attached hydrogens (tertiary/aromatic N) is 2. The minimum absolute atomic E-state index is 0.243. The van der Waals surface area contributed by atoms with Crippen LogP contribution in [0.3, 0.4) is 0 Å². The fourth-order valence-corrected chi connectivity index (χ4v) is 1.12. The van der Waals surface area contributed by atoms with Crippen molar-refractivity contribution >= 4 is 23.2 Å². The molecule has 98 valence electrons. The number of rotatable bonds is 4. The van der Waals surface area contributed by atoms with Crippen LogP contribution < -0.4 is 11.2 Å². The number of carbonyl (C=O) groups is 1. The zero-order valence-electron chi connectivity index (χ0n) is 9.31. The Kier molecular flexibility index (Phi) is 4.00. The second-order valence-corrected chi connectivity index (χ2v) is 3.22. The van der Waals surface area contributed by atoms with Crippen LogP contribution in [0.15, 0.2) is 17.2 Å². The molecule has 1 aromatic rings. The molecule has 0 radical (unpaired) electrons. The molecule has 0 aliphatic carbocycles. The van der Waals surface area contributed by atoms with E-state index in [0.717, 1.165) is 12.1 Å². The molecule has 1 aromatic carbocycles. The number of hydrogen-bond acceptors (Lipinski definition) is 6. The van der Waals surface area contributed by atoms with Crippen molar-refractivity contribution < 1.29 is 19.4 Å². The van der Waals surface area contributed by atoms with E-state index in [-0.39, 0.29) is 5.69 Å². The predicted octanol–water partition coefficient (Wildman–Crippen LogP) is 0.457. The summed E-state index contributed by atoms with van der Waals surface area (Å²) in [5, 5.41) is 37.2. The molecule has 0 unspecified atom stereocenters. The molecule has 19 heavy (non-hydrogen) atoms. The van der Waals surface area contributed by atoms with Crippen LogP contribution in [-0.2, 0) is 0 Å². The van der Waals surface area contributed by atoms with Crippen molar-refractivity contribution in [3.05, 3.63) is 23.5 Å². The van der Waals surface area contributed by atoms with Gasteiger partial charge in [-0.05, 0) is 12.1 Å². The van der Waals surface area contributed by atoms with Crippen LogP contribution in [-0.4, -0.2) is 27.7 Å². The summed E-state index contributed by atoms with van der Waals surface area (Å²) in [7, 11) is 0. The molecule has 0 bridgehead atoms. The summed E-state index contributed by atoms with van der Waals surface area (Å²) in [6.45, 7) is 0. The summed E-state index contributed by atoms with van der Waals surface area (Å²) in [4.78, 5) is 10.7. The molecule has 0 heterocycles. The first-order chi connectivity index (χ1) is 8.88. The Bertz CT molecular complexity index is 620. The number of benzene rings is 1. The van der Waals surface area contributed by atoms with Gasteiger partial charge in [0.15, 0.2) is 11.6 Å². The highest BCUT2D eigenvalue weighted by Crippen LogP contribution is 2.29. The minimum Gasteiger partial charge on any atom is -0.505 e. The molecule has 0 spiro atoms. The summed E-state index contributed by atoms with van der Waals surface area (Å²) < 4.78 is 13.2. The Hall–Kier alpha value is -3.15. The number of phenols is 1. The van der Waals surface area contributed by atoms with Gasteiger partial charge in [-0.15, -0.1) is 0 Å². The zero-order chi connectivity index (χ0) is 14.6. The standard InChI is InChI=1S/C10H8FN5O3/c11-4-1-2-5(8(17)7(4)10(18)19)15-16-6(3-12)9(13)14/h1-2,15,17H,(H3,13,14)(H,18,19)/b16-6+. The van der Waals surface area contributed by atoms with Crippen LogP contribution in [0, 0.1) is 22.6 Å². The molecule has 1 rings (SSSR count). The van der Waals surface area contributed by atoms with Gasteiger partial charge in [0.25, 0.3) is 0 Å². The van der Waals surface area contributed by atoms with E-state index in [9.17, 15) is 14.3 Å². The van der Waals surface area contributed by atoms with Gasteiger partial charge in [-0.1, -0.05) is 0 Å². The van der Waals surface area contributed by atoms with Gasteiger partial charge in [0.2, 0.25) is 5.71 Å². The van der Waals surface area contributed by atoms with E-state index in [1.807, 2.05) is 0 Å². The number of nitrogens with two attached hydrogens (primary N) is 1. The third-order valence-corrected chi connectivity index (χ3v) is 1.99. The van der Waals surface area contributed by atoms with Crippen LogP contribution >= 0.6 is 0 Å². The normalized spacial score (nSPS) is 10.6. The molecule has 0 aromatic heterocycles. The fourth-order valence-electron chi connectivity index (χ4n) is 1.12. The van der Waals surface area contributed by atoms with Crippen LogP contribution in [0.25, 0.3) is 0 Å². The molecule has 6 N–H and O–H groups in total. The van der Waals surface area contributed by atoms with Gasteiger partial charge in [0.1, 0.15) is 17.4 Å². The van der Waals surface area contributed by atoms with Crippen molar-refractivity contribution in [2.75, 3.05) is 5.43 Å². The van der Waals surface area contributed by atoms with Gasteiger partial charge < -0.3 is 15.9 Å². The fraction of sp³-hybridized carbons (Fsp3) is 0. The Morgan fingerprint density at radius 1 is 1.58 bits per heavy atom. The third-order valence-electron chi connectivity index (χ3n) is 1.99. The lowest BCUT2D eigenvalue weighted by Crippen LogP contribution is -2.21. The lowest BCUT2D eigenvalue weighted by atomic mass is 10.1. The number of carboxylic acids is 1. The molecular formula is C10H8FN5O3. The minimum atomic E-state index is -1.66. The van der Waals surface area contributed by atoms with Crippen molar-refractivity contribution in [2.24, 2.45) is 10.8 Å². The number of hydrazone groups is 1. The molecule has 9 heteroatoms. The number of anilines is 1. The van der Waals surface area contributed by atoms with Crippen molar-refractivity contribution in [3.63, 3.8) is 0 Å². The lowest BCUT2D eigenvalue weighted by Gasteiger charge is -2.07. The van der Waals surface area contributed by atoms with Gasteiger partial charge in [0.05, 0.1) is 5.69 Å². The highest BCUT2D eigenvalue weighted by atomic mass is 19.1. The smallest absolute Gasteiger partial charge is 0.342 e. The van der Waals surface area contributed by atoms with Crippen molar-refractivity contribution in [1.82, 2.24) is 0 Å². The van der Waals surface area contributed by atoms with Gasteiger partial charge >= 0.3 is 5.97 Å². The maximum Gasteiger partial charge on any atom is 0.342 e. The Balaban J connectivity index is 3.18. The van der Waals surface area contributed by atoms with E-state index in [1.165, 1.54) is 6.07 Å². The van der Waals surface area contributed by atoms with E-state index in [1.54, 1.807) is 0 Å². The average molecular weight is 265 g/mol. The summed E-state index contributed by atoms with van der Waals surface area (Å²) in [6, 6.07) is 3.34. The number of hydrogen-bond donors (Lipinski definition) is 5. The second-order valence-electron chi connectivity index (χ2n) is 3.22. The number of nitriles is 1. The number of nitrogens with one attached hydrogen (secondary N) is 2. The van der Waals surface area contributed by atoms with Crippen LogP contribution in [0.1, 0.15) is 10.4 Å². The number of carboxylic acid groups (broad SMARTS) is 1. The van der Waals surface area contributed by atoms with E-state index in [0.29, 0.717) is 0 Å². The van der Waals surface area contributed by atoms with Gasteiger partial charge in [0, 0.05) is 0 Å². The van der Waals surface area contributed by atoms with Gasteiger partial charge in [-0.3, -0.25) is 10.8 Å². The van der Waals surface area contributed by atoms with Gasteiger partial charge in [-0.2, -0.15) is 10.4 Å². The largest absolute Gasteiger partial charge is 0.505 e. The molecule has 0 saturated heterocycles. The molecule has 8 nitrogen and oxygen atoms in total. The number of amidine groups is 1. The van der Waals surface area contributed by atoms with E-state index in [2.05, 4.69) is 10.5 Å². The number of halogens is 1. The van der Waals surface area contributed by atoms with Gasteiger partial charge in [-0.25, -0.2) is 9.18 Å². The van der Waals surface area contributed by atoms with E-state index in [4.69, 9.17) is 21.5 Å². The van der Waals surface area contributed by atoms with Crippen LogP contribution in [0.5, 0.6) is 5.75 Å². The van der Waals surface area contributed by atoms with Crippen molar-refractivity contribution in [1.29, 1.82) is 10.7 Å². The topological polar surface area (TPSA) is 156 Å². The maximum atomic E-state index is 13.2. The Morgan fingerprint density at radius 2 is 2.21 bits per heavy atom. The monoisotopic (exact) mass is 265 g/mol. The summed E-state index contributed by atoms with van der Waals surface area (Å²) in [5.41, 5.74) is 5.51. The van der Waals surface area contributed by atoms with E-state index < -0.39 is 34.6 Å². The zero-order valence-corrected chi connectivity index (χ0v) is 9.31. The first kappa shape index (κ1) is 13.9. The third kappa shape index (κ3) is 2.95. The SMILES string of the molecule is N#C/C(=N\Nc1ccc(F)c(C(=O)O)c1O)C(=N)N. The number of aromatic hydroxyl groups is 1. The molecular weight excluding hydrogens is 257 g/mol. The van der Waals surface area contributed by atoms with E-state index >= 15 is 0 Å². The summed E-state index contributed by atoms with van der Waals surface area (Å²) in [5.74, 6) is -4.27. The molecule has 0 amide bonds. The first-order valence-electron chi connectivity index (χ1n) is 4.71. The molecule has 0 aliphatic rings. The molecule has 0 aliphatic heterocycles. The Morgan fingerprint density at radius 3 is 2.68 bits per heavy atom. The Labute approximate surface area is 106 Å². The molecule has 0 saturated carbocycles. The number of aromatic carboxylic acids is 1. The van der Waals surface area contributed by atoms with Crippen molar-refractivity contribution in [2.45, 2.75) is 0 Å². The maximum absolute atomic E-state index is 13.2. The highest BCUT2D eigenvalue weighted by molar-refractivity contribution is 6.45. The average Bonchev–Trinajstić information content (AvgIpc) is 2.31.